The van der Waals surface area contributed by atoms with E-state index in [0.29, 0.717) is 27.8 Å². The molecule has 7 nitrogen and oxygen atoms in total. The average molecular weight is 621 g/mol. The second-order valence-corrected chi connectivity index (χ2v) is 15.0. The van der Waals surface area contributed by atoms with Gasteiger partial charge in [-0.05, 0) is 105 Å². The zero-order valence-electron chi connectivity index (χ0n) is 23.9. The van der Waals surface area contributed by atoms with Gasteiger partial charge in [0.15, 0.2) is 0 Å². The number of nitrogens with zero attached hydrogens (tertiary/aromatic N) is 2. The van der Waals surface area contributed by atoms with Crippen LogP contribution >= 0.6 is 23.2 Å². The second kappa shape index (κ2) is 11.8. The van der Waals surface area contributed by atoms with Gasteiger partial charge in [-0.15, -0.1) is 0 Å². The fraction of sp³-hybridized carbons (Fsp3) is 0.548. The maximum absolute atomic E-state index is 13.8. The molecule has 1 unspecified atom stereocenters. The van der Waals surface area contributed by atoms with Crippen molar-refractivity contribution in [3.8, 4) is 0 Å². The number of rotatable bonds is 10. The molecule has 1 N–H and O–H groups in total. The number of anilines is 1. The summed E-state index contributed by atoms with van der Waals surface area (Å²) in [7, 11) is -3.82. The lowest BCUT2D eigenvalue weighted by atomic mass is 9.48. The third kappa shape index (κ3) is 6.25. The molecule has 4 saturated carbocycles. The molecule has 2 aromatic carbocycles. The summed E-state index contributed by atoms with van der Waals surface area (Å²) in [5.74, 6) is 1.52. The topological polar surface area (TPSA) is 86.8 Å². The lowest BCUT2D eigenvalue weighted by molar-refractivity contribution is -0.139. The molecule has 0 saturated heterocycles. The normalized spacial score (nSPS) is 25.5. The largest absolute Gasteiger partial charge is 0.355 e. The number of nitrogens with one attached hydrogen (secondary N) is 1. The van der Waals surface area contributed by atoms with Gasteiger partial charge in [0.25, 0.3) is 0 Å². The molecule has 4 aliphatic carbocycles. The summed E-state index contributed by atoms with van der Waals surface area (Å²) >= 11 is 12.8. The lowest BCUT2D eigenvalue weighted by Crippen LogP contribution is -2.51. The lowest BCUT2D eigenvalue weighted by Gasteiger charge is -2.57. The van der Waals surface area contributed by atoms with E-state index in [2.05, 4.69) is 17.4 Å². The first-order valence-corrected chi connectivity index (χ1v) is 17.1. The minimum absolute atomic E-state index is 0.0435. The fourth-order valence-corrected chi connectivity index (χ4v) is 9.18. The first-order chi connectivity index (χ1) is 19.4. The van der Waals surface area contributed by atoms with Crippen LogP contribution in [0.2, 0.25) is 10.0 Å². The van der Waals surface area contributed by atoms with Crippen molar-refractivity contribution in [3.05, 3.63) is 63.6 Å². The van der Waals surface area contributed by atoms with Gasteiger partial charge >= 0.3 is 0 Å². The van der Waals surface area contributed by atoms with E-state index in [4.69, 9.17) is 23.2 Å². The van der Waals surface area contributed by atoms with Crippen LogP contribution in [0.15, 0.2) is 42.5 Å². The molecule has 1 atom stereocenters. The summed E-state index contributed by atoms with van der Waals surface area (Å²) in [4.78, 5) is 27.9. The number of halogens is 2. The van der Waals surface area contributed by atoms with E-state index in [1.165, 1.54) is 49.0 Å². The summed E-state index contributed by atoms with van der Waals surface area (Å²) in [5, 5.41) is 3.46. The average Bonchev–Trinajstić information content (AvgIpc) is 2.90. The van der Waals surface area contributed by atoms with Gasteiger partial charge in [-0.2, -0.15) is 0 Å². The van der Waals surface area contributed by atoms with Crippen LogP contribution in [0.1, 0.15) is 63.5 Å². The van der Waals surface area contributed by atoms with Crippen LogP contribution in [0.4, 0.5) is 5.69 Å². The van der Waals surface area contributed by atoms with Gasteiger partial charge in [-0.1, -0.05) is 41.4 Å². The quantitative estimate of drug-likeness (QED) is 0.365. The van der Waals surface area contributed by atoms with E-state index in [1.807, 2.05) is 12.1 Å². The molecule has 41 heavy (non-hydrogen) atoms. The highest BCUT2D eigenvalue weighted by Crippen LogP contribution is 2.60. The molecule has 0 radical (unpaired) electrons. The Morgan fingerprint density at radius 3 is 2.00 bits per heavy atom. The Morgan fingerprint density at radius 1 is 0.976 bits per heavy atom. The van der Waals surface area contributed by atoms with Crippen molar-refractivity contribution >= 4 is 50.7 Å². The van der Waals surface area contributed by atoms with E-state index >= 15 is 0 Å². The number of sulfonamides is 1. The maximum Gasteiger partial charge on any atom is 0.244 e. The fourth-order valence-electron chi connectivity index (χ4n) is 7.82. The smallest absolute Gasteiger partial charge is 0.244 e. The number of carbonyl (C=O) groups excluding carboxylic acids is 2. The van der Waals surface area contributed by atoms with Gasteiger partial charge in [0.1, 0.15) is 12.6 Å². The second-order valence-electron chi connectivity index (χ2n) is 12.3. The van der Waals surface area contributed by atoms with Crippen LogP contribution in [-0.2, 0) is 31.6 Å². The highest BCUT2D eigenvalue weighted by molar-refractivity contribution is 7.92. The first kappa shape index (κ1) is 30.2. The molecule has 222 valence electrons. The molecule has 0 heterocycles. The highest BCUT2D eigenvalue weighted by Gasteiger charge is 2.51. The standard InChI is InChI=1S/C31H39Cl2N3O4S/c1-4-34-30(38)20(2)35(18-26-27(32)6-5-7-28(26)33)29(37)19-36(41(3,39)40)25-10-8-24(9-11-25)31-15-21-12-22(16-31)14-23(13-21)17-31/h5-11,20-23H,4,12-19H2,1-3H3,(H,34,38). The van der Waals surface area contributed by atoms with Crippen molar-refractivity contribution in [2.75, 3.05) is 23.7 Å². The summed E-state index contributed by atoms with van der Waals surface area (Å²) < 4.78 is 27.1. The van der Waals surface area contributed by atoms with Crippen LogP contribution in [0.5, 0.6) is 0 Å². The van der Waals surface area contributed by atoms with E-state index in [0.717, 1.165) is 28.3 Å². The molecule has 4 aliphatic rings. The van der Waals surface area contributed by atoms with Crippen molar-refractivity contribution in [2.45, 2.75) is 70.4 Å². The number of likely N-dealkylation sites (N-methyl/N-ethyl adjacent to an activating group) is 1. The Labute approximate surface area is 253 Å². The number of amides is 2. The summed E-state index contributed by atoms with van der Waals surface area (Å²) in [6.07, 6.45) is 8.79. The van der Waals surface area contributed by atoms with Crippen molar-refractivity contribution in [1.29, 1.82) is 0 Å². The molecule has 0 spiro atoms. The number of hydrogen-bond donors (Lipinski definition) is 1. The first-order valence-electron chi connectivity index (χ1n) is 14.5. The maximum atomic E-state index is 13.8. The van der Waals surface area contributed by atoms with Gasteiger partial charge in [-0.25, -0.2) is 8.42 Å². The molecule has 0 aromatic heterocycles. The molecule has 0 aliphatic heterocycles. The zero-order chi connectivity index (χ0) is 29.5. The van der Waals surface area contributed by atoms with E-state index in [-0.39, 0.29) is 17.9 Å². The molecular formula is C31H39Cl2N3O4S. The zero-order valence-corrected chi connectivity index (χ0v) is 26.2. The molecule has 4 bridgehead atoms. The summed E-state index contributed by atoms with van der Waals surface area (Å²) in [6, 6.07) is 11.9. The highest BCUT2D eigenvalue weighted by atomic mass is 35.5. The van der Waals surface area contributed by atoms with E-state index in [1.54, 1.807) is 32.0 Å². The van der Waals surface area contributed by atoms with Gasteiger partial charge in [0.2, 0.25) is 21.8 Å². The predicted octanol–water partition coefficient (Wildman–Crippen LogP) is 5.78. The molecule has 2 amide bonds. The Hall–Kier alpha value is -2.29. The number of carbonyl (C=O) groups is 2. The minimum Gasteiger partial charge on any atom is -0.355 e. The van der Waals surface area contributed by atoms with Crippen LogP contribution in [-0.4, -0.2) is 50.5 Å². The van der Waals surface area contributed by atoms with Gasteiger partial charge in [0.05, 0.1) is 11.9 Å². The van der Waals surface area contributed by atoms with E-state index in [9.17, 15) is 18.0 Å². The minimum atomic E-state index is -3.82. The van der Waals surface area contributed by atoms with Crippen LogP contribution in [0.25, 0.3) is 0 Å². The number of hydrogen-bond acceptors (Lipinski definition) is 4. The molecular weight excluding hydrogens is 581 g/mol. The Kier molecular flexibility index (Phi) is 8.66. The van der Waals surface area contributed by atoms with Crippen LogP contribution in [0.3, 0.4) is 0 Å². The molecule has 2 aromatic rings. The van der Waals surface area contributed by atoms with Gasteiger partial charge in [-0.3, -0.25) is 13.9 Å². The van der Waals surface area contributed by atoms with Crippen molar-refractivity contribution in [1.82, 2.24) is 10.2 Å². The molecule has 6 rings (SSSR count). The number of benzene rings is 2. The monoisotopic (exact) mass is 619 g/mol. The van der Waals surface area contributed by atoms with Gasteiger partial charge < -0.3 is 10.2 Å². The third-order valence-electron chi connectivity index (χ3n) is 9.39. The van der Waals surface area contributed by atoms with Crippen LogP contribution in [0, 0.1) is 17.8 Å². The predicted molar refractivity (Wildman–Crippen MR) is 164 cm³/mol. The van der Waals surface area contributed by atoms with Crippen molar-refractivity contribution in [3.63, 3.8) is 0 Å². The summed E-state index contributed by atoms with van der Waals surface area (Å²) in [5.41, 5.74) is 2.38. The molecule has 4 fully saturated rings. The SMILES string of the molecule is CCNC(=O)C(C)N(Cc1c(Cl)cccc1Cl)C(=O)CN(c1ccc(C23CC4CC(CC(C4)C2)C3)cc1)S(C)(=O)=O. The Bertz CT molecular complexity index is 1360. The summed E-state index contributed by atoms with van der Waals surface area (Å²) in [6.45, 7) is 3.29. The Morgan fingerprint density at radius 2 is 1.51 bits per heavy atom. The molecule has 10 heteroatoms. The van der Waals surface area contributed by atoms with E-state index < -0.39 is 28.5 Å². The Balaban J connectivity index is 1.41. The van der Waals surface area contributed by atoms with Crippen molar-refractivity contribution < 1.29 is 18.0 Å². The van der Waals surface area contributed by atoms with Crippen LogP contribution < -0.4 is 9.62 Å². The van der Waals surface area contributed by atoms with Gasteiger partial charge in [0, 0.05) is 28.7 Å². The van der Waals surface area contributed by atoms with Crippen molar-refractivity contribution in [2.24, 2.45) is 17.8 Å². The third-order valence-corrected chi connectivity index (χ3v) is 11.2.